The fourth-order valence-corrected chi connectivity index (χ4v) is 6.09. The van der Waals surface area contributed by atoms with Crippen molar-refractivity contribution in [2.75, 3.05) is 57.4 Å². The largest absolute Gasteiger partial charge is 0.470 e. The molecule has 13 nitrogen and oxygen atoms in total. The fourth-order valence-electron chi connectivity index (χ4n) is 4.99. The van der Waals surface area contributed by atoms with E-state index in [-0.39, 0.29) is 36.9 Å². The first-order valence-electron chi connectivity index (χ1n) is 15.1. The molecule has 2 aromatic heterocycles. The molecular formula is C30H39BrN8O5S. The van der Waals surface area contributed by atoms with Gasteiger partial charge in [0.25, 0.3) is 5.88 Å². The van der Waals surface area contributed by atoms with Crippen molar-refractivity contribution in [3.8, 4) is 5.88 Å². The highest BCUT2D eigenvalue weighted by molar-refractivity contribution is 9.10. The maximum atomic E-state index is 13.2. The van der Waals surface area contributed by atoms with Gasteiger partial charge in [0.2, 0.25) is 11.7 Å². The number of aromatic nitrogens is 4. The molecule has 2 aliphatic rings. The molecule has 0 saturated carbocycles. The van der Waals surface area contributed by atoms with Crippen molar-refractivity contribution < 1.29 is 23.8 Å². The number of fused-ring (bicyclic) bond motifs is 1. The first-order valence-corrected chi connectivity index (χ1v) is 16.6. The third-order valence-corrected chi connectivity index (χ3v) is 8.71. The smallest absolute Gasteiger partial charge is 0.306 e. The number of ether oxygens (including phenoxy) is 3. The highest BCUT2D eigenvalue weighted by atomic mass is 79.9. The Morgan fingerprint density at radius 3 is 2.71 bits per heavy atom. The molecule has 4 heterocycles. The summed E-state index contributed by atoms with van der Waals surface area (Å²) < 4.78 is 26.8. The van der Waals surface area contributed by atoms with Crippen molar-refractivity contribution >= 4 is 62.2 Å². The van der Waals surface area contributed by atoms with Crippen molar-refractivity contribution in [3.05, 3.63) is 34.6 Å². The zero-order valence-corrected chi connectivity index (χ0v) is 28.2. The van der Waals surface area contributed by atoms with Crippen LogP contribution in [0.15, 0.2) is 34.0 Å². The molecule has 3 aromatic rings. The topological polar surface area (TPSA) is 144 Å². The van der Waals surface area contributed by atoms with Gasteiger partial charge in [-0.15, -0.1) is 4.37 Å². The fraction of sp³-hybridized carbons (Fsp3) is 0.567. The van der Waals surface area contributed by atoms with E-state index in [1.807, 2.05) is 32.9 Å². The molecule has 0 radical (unpaired) electrons. The number of hydrogen-bond acceptors (Lipinski definition) is 13. The molecule has 1 saturated heterocycles. The second-order valence-electron chi connectivity index (χ2n) is 11.9. The summed E-state index contributed by atoms with van der Waals surface area (Å²) >= 11 is 4.74. The second kappa shape index (κ2) is 15.3. The Kier molecular flexibility index (Phi) is 11.3. The van der Waals surface area contributed by atoms with Crippen LogP contribution < -0.4 is 15.0 Å². The Bertz CT molecular complexity index is 1510. The van der Waals surface area contributed by atoms with Crippen molar-refractivity contribution in [1.29, 1.82) is 0 Å². The minimum atomic E-state index is -0.547. The zero-order chi connectivity index (χ0) is 31.8. The lowest BCUT2D eigenvalue weighted by molar-refractivity contribution is -0.150. The summed E-state index contributed by atoms with van der Waals surface area (Å²) in [6.07, 6.45) is 3.96. The average Bonchev–Trinajstić information content (AvgIpc) is 3.70. The van der Waals surface area contributed by atoms with E-state index in [9.17, 15) is 9.59 Å². The number of hydrogen-bond donors (Lipinski definition) is 1. The van der Waals surface area contributed by atoms with Crippen LogP contribution in [0, 0.1) is 0 Å². The molecule has 45 heavy (non-hydrogen) atoms. The molecule has 242 valence electrons. The standard InChI is InChI=1S/C30H39BrN8O5S/c1-30(2,3)35-18-21(19-43-29-28(36-45-37-29)38-13-15-42-16-14-38)44-25(41)6-4-5-24(40)39-12-11-33-23(39)17-20-7-8-22-27(26(20)31)34-10-9-32-22/h7-10,21,35H,4-6,11-19H2,1-3H3/t21-/m0/s1. The van der Waals surface area contributed by atoms with E-state index in [1.165, 1.54) is 0 Å². The van der Waals surface area contributed by atoms with E-state index < -0.39 is 6.10 Å². The summed E-state index contributed by atoms with van der Waals surface area (Å²) in [7, 11) is 0. The Morgan fingerprint density at radius 1 is 1.11 bits per heavy atom. The van der Waals surface area contributed by atoms with E-state index in [1.54, 1.807) is 17.3 Å². The highest BCUT2D eigenvalue weighted by Crippen LogP contribution is 2.28. The van der Waals surface area contributed by atoms with Gasteiger partial charge in [0.05, 0.1) is 37.0 Å². The molecule has 5 rings (SSSR count). The molecule has 1 aromatic carbocycles. The lowest BCUT2D eigenvalue weighted by atomic mass is 10.1. The molecule has 2 aliphatic heterocycles. The van der Waals surface area contributed by atoms with Gasteiger partial charge in [-0.1, -0.05) is 6.07 Å². The van der Waals surface area contributed by atoms with Gasteiger partial charge in [-0.3, -0.25) is 29.4 Å². The van der Waals surface area contributed by atoms with Gasteiger partial charge in [0.15, 0.2) is 0 Å². The van der Waals surface area contributed by atoms with Crippen LogP contribution in [0.1, 0.15) is 45.6 Å². The Labute approximate surface area is 275 Å². The van der Waals surface area contributed by atoms with Gasteiger partial charge in [-0.25, -0.2) is 0 Å². The number of morpholine rings is 1. The quantitative estimate of drug-likeness (QED) is 0.262. The number of nitrogens with zero attached hydrogens (tertiary/aromatic N) is 7. The number of anilines is 1. The minimum absolute atomic E-state index is 0.0586. The van der Waals surface area contributed by atoms with Crippen molar-refractivity contribution in [2.24, 2.45) is 4.99 Å². The number of aliphatic imine (C=N–C) groups is 1. The minimum Gasteiger partial charge on any atom is -0.470 e. The summed E-state index contributed by atoms with van der Waals surface area (Å²) in [5.74, 6) is 1.38. The third kappa shape index (κ3) is 9.15. The predicted molar refractivity (Wildman–Crippen MR) is 175 cm³/mol. The second-order valence-corrected chi connectivity index (χ2v) is 13.2. The molecule has 1 atom stereocenters. The maximum absolute atomic E-state index is 13.2. The van der Waals surface area contributed by atoms with Crippen LogP contribution in [-0.2, 0) is 25.5 Å². The van der Waals surface area contributed by atoms with Crippen molar-refractivity contribution in [1.82, 2.24) is 28.9 Å². The summed E-state index contributed by atoms with van der Waals surface area (Å²) in [4.78, 5) is 43.2. The Hall–Kier alpha value is -3.27. The monoisotopic (exact) mass is 702 g/mol. The molecule has 0 unspecified atom stereocenters. The van der Waals surface area contributed by atoms with Crippen LogP contribution in [0.3, 0.4) is 0 Å². The van der Waals surface area contributed by atoms with E-state index >= 15 is 0 Å². The lowest BCUT2D eigenvalue weighted by Crippen LogP contribution is -2.44. The van der Waals surface area contributed by atoms with E-state index in [4.69, 9.17) is 14.2 Å². The van der Waals surface area contributed by atoms with Gasteiger partial charge in [0.1, 0.15) is 24.1 Å². The number of benzene rings is 1. The molecule has 15 heteroatoms. The number of carbonyl (C=O) groups excluding carboxylic acids is 2. The van der Waals surface area contributed by atoms with Crippen molar-refractivity contribution in [2.45, 2.75) is 58.1 Å². The predicted octanol–water partition coefficient (Wildman–Crippen LogP) is 3.41. The van der Waals surface area contributed by atoms with Crippen LogP contribution >= 0.6 is 27.7 Å². The normalized spacial score (nSPS) is 16.1. The SMILES string of the molecule is CC(C)(C)NC[C@@H](COc1nsnc1N1CCOCC1)OC(=O)CCCC(=O)N1CCN=C1Cc1ccc2nccnc2c1Br. The number of nitrogens with one attached hydrogen (secondary N) is 1. The van der Waals surface area contributed by atoms with Gasteiger partial charge in [-0.2, -0.15) is 4.37 Å². The van der Waals surface area contributed by atoms with E-state index in [2.05, 4.69) is 49.9 Å². The average molecular weight is 704 g/mol. The van der Waals surface area contributed by atoms with E-state index in [0.717, 1.165) is 32.8 Å². The molecular weight excluding hydrogens is 664 g/mol. The van der Waals surface area contributed by atoms with Crippen molar-refractivity contribution in [3.63, 3.8) is 0 Å². The van der Waals surface area contributed by atoms with Gasteiger partial charge in [-0.05, 0) is 54.8 Å². The number of esters is 1. The number of amides is 1. The Morgan fingerprint density at radius 2 is 1.91 bits per heavy atom. The van der Waals surface area contributed by atoms with Crippen LogP contribution in [0.4, 0.5) is 5.82 Å². The van der Waals surface area contributed by atoms with Crippen LogP contribution in [0.5, 0.6) is 5.88 Å². The summed E-state index contributed by atoms with van der Waals surface area (Å²) in [5, 5.41) is 3.38. The van der Waals surface area contributed by atoms with Gasteiger partial charge < -0.3 is 24.4 Å². The third-order valence-electron chi connectivity index (χ3n) is 7.33. The van der Waals surface area contributed by atoms with Crippen LogP contribution in [0.2, 0.25) is 0 Å². The molecule has 0 aliphatic carbocycles. The summed E-state index contributed by atoms with van der Waals surface area (Å²) in [6.45, 7) is 10.4. The van der Waals surface area contributed by atoms with Gasteiger partial charge >= 0.3 is 5.97 Å². The molecule has 1 fully saturated rings. The first-order chi connectivity index (χ1) is 21.7. The Balaban J connectivity index is 1.11. The van der Waals surface area contributed by atoms with Crippen LogP contribution in [0.25, 0.3) is 11.0 Å². The molecule has 0 spiro atoms. The van der Waals surface area contributed by atoms with Gasteiger partial charge in [0, 0.05) is 67.8 Å². The zero-order valence-electron chi connectivity index (χ0n) is 25.8. The summed E-state index contributed by atoms with van der Waals surface area (Å²) in [6, 6.07) is 3.89. The van der Waals surface area contributed by atoms with E-state index in [0.29, 0.717) is 76.3 Å². The maximum Gasteiger partial charge on any atom is 0.306 e. The highest BCUT2D eigenvalue weighted by Gasteiger charge is 2.26. The number of halogens is 1. The first kappa shape index (κ1) is 33.1. The lowest BCUT2D eigenvalue weighted by Gasteiger charge is -2.27. The summed E-state index contributed by atoms with van der Waals surface area (Å²) in [5.41, 5.74) is 2.37. The number of carbonyl (C=O) groups is 2. The van der Waals surface area contributed by atoms with Crippen LogP contribution in [-0.4, -0.2) is 106 Å². The molecule has 1 N–H and O–H groups in total. The number of amidine groups is 1. The molecule has 1 amide bonds. The number of rotatable bonds is 13. The molecule has 0 bridgehead atoms.